The first-order valence-corrected chi connectivity index (χ1v) is 11.3. The number of rotatable bonds is 7. The molecule has 3 fully saturated rings. The fourth-order valence-electron chi connectivity index (χ4n) is 5.14. The second kappa shape index (κ2) is 11.9. The molecule has 7 heteroatoms. The molecule has 28 heavy (non-hydrogen) atoms. The first kappa shape index (κ1) is 24.2. The molecule has 0 aliphatic carbocycles. The Morgan fingerprint density at radius 2 is 1.79 bits per heavy atom. The van der Waals surface area contributed by atoms with Gasteiger partial charge in [-0.15, -0.1) is 24.0 Å². The SMILES string of the molecule is CCNC(=NCC1(N2CCCC2)CCOCC1)N1CCC(N(CC)CC)C1.I. The third kappa shape index (κ3) is 5.73. The van der Waals surface area contributed by atoms with E-state index in [2.05, 4.69) is 40.8 Å². The highest BCUT2D eigenvalue weighted by Gasteiger charge is 2.40. The maximum Gasteiger partial charge on any atom is 0.194 e. The molecule has 3 aliphatic heterocycles. The van der Waals surface area contributed by atoms with Crippen LogP contribution in [-0.4, -0.2) is 97.8 Å². The largest absolute Gasteiger partial charge is 0.381 e. The van der Waals surface area contributed by atoms with Crippen LogP contribution in [0.25, 0.3) is 0 Å². The van der Waals surface area contributed by atoms with Crippen LogP contribution in [0.3, 0.4) is 0 Å². The molecule has 3 rings (SSSR count). The summed E-state index contributed by atoms with van der Waals surface area (Å²) in [6.07, 6.45) is 6.17. The highest BCUT2D eigenvalue weighted by atomic mass is 127. The second-order valence-corrected chi connectivity index (χ2v) is 8.31. The summed E-state index contributed by atoms with van der Waals surface area (Å²) < 4.78 is 5.70. The number of aliphatic imine (C=N–C) groups is 1. The van der Waals surface area contributed by atoms with Gasteiger partial charge < -0.3 is 15.0 Å². The lowest BCUT2D eigenvalue weighted by Gasteiger charge is -2.44. The minimum Gasteiger partial charge on any atom is -0.381 e. The van der Waals surface area contributed by atoms with E-state index in [4.69, 9.17) is 9.73 Å². The summed E-state index contributed by atoms with van der Waals surface area (Å²) in [6, 6.07) is 0.666. The fraction of sp³-hybridized carbons (Fsp3) is 0.952. The molecule has 164 valence electrons. The number of likely N-dealkylation sites (tertiary alicyclic amines) is 2. The zero-order valence-electron chi connectivity index (χ0n) is 18.3. The number of likely N-dealkylation sites (N-methyl/N-ethyl adjacent to an activating group) is 1. The summed E-state index contributed by atoms with van der Waals surface area (Å²) in [7, 11) is 0. The van der Waals surface area contributed by atoms with E-state index < -0.39 is 0 Å². The molecule has 1 atom stereocenters. The number of guanidine groups is 1. The molecule has 0 bridgehead atoms. The van der Waals surface area contributed by atoms with E-state index in [1.165, 1.54) is 32.4 Å². The molecule has 0 aromatic heterocycles. The van der Waals surface area contributed by atoms with Crippen LogP contribution in [0.4, 0.5) is 0 Å². The van der Waals surface area contributed by atoms with Gasteiger partial charge in [0.2, 0.25) is 0 Å². The van der Waals surface area contributed by atoms with E-state index in [1.807, 2.05) is 0 Å². The molecule has 6 nitrogen and oxygen atoms in total. The monoisotopic (exact) mass is 507 g/mol. The van der Waals surface area contributed by atoms with Crippen molar-refractivity contribution in [3.63, 3.8) is 0 Å². The van der Waals surface area contributed by atoms with Crippen LogP contribution >= 0.6 is 24.0 Å². The minimum atomic E-state index is 0. The summed E-state index contributed by atoms with van der Waals surface area (Å²) in [6.45, 7) is 17.3. The van der Waals surface area contributed by atoms with Gasteiger partial charge in [-0.2, -0.15) is 0 Å². The van der Waals surface area contributed by atoms with Gasteiger partial charge in [0.05, 0.1) is 6.54 Å². The van der Waals surface area contributed by atoms with Gasteiger partial charge in [-0.05, 0) is 65.2 Å². The van der Waals surface area contributed by atoms with Crippen molar-refractivity contribution >= 4 is 29.9 Å². The molecule has 0 amide bonds. The summed E-state index contributed by atoms with van der Waals surface area (Å²) in [5.41, 5.74) is 0.216. The Labute approximate surface area is 189 Å². The number of hydrogen-bond acceptors (Lipinski definition) is 4. The summed E-state index contributed by atoms with van der Waals surface area (Å²) in [5, 5.41) is 3.58. The van der Waals surface area contributed by atoms with E-state index in [1.54, 1.807) is 0 Å². The Morgan fingerprint density at radius 1 is 1.11 bits per heavy atom. The van der Waals surface area contributed by atoms with Crippen molar-refractivity contribution in [2.75, 3.05) is 65.6 Å². The second-order valence-electron chi connectivity index (χ2n) is 8.31. The molecular weight excluding hydrogens is 465 g/mol. The molecular formula is C21H42IN5O. The van der Waals surface area contributed by atoms with Crippen molar-refractivity contribution in [3.05, 3.63) is 0 Å². The van der Waals surface area contributed by atoms with Crippen molar-refractivity contribution in [2.24, 2.45) is 4.99 Å². The number of nitrogens with zero attached hydrogens (tertiary/aromatic N) is 4. The molecule has 3 heterocycles. The molecule has 0 spiro atoms. The molecule has 0 saturated carbocycles. The number of ether oxygens (including phenoxy) is 1. The number of hydrogen-bond donors (Lipinski definition) is 1. The highest BCUT2D eigenvalue weighted by Crippen LogP contribution is 2.31. The smallest absolute Gasteiger partial charge is 0.194 e. The van der Waals surface area contributed by atoms with Crippen LogP contribution in [0.2, 0.25) is 0 Å². The predicted octanol–water partition coefficient (Wildman–Crippen LogP) is 2.63. The summed E-state index contributed by atoms with van der Waals surface area (Å²) in [4.78, 5) is 13.0. The van der Waals surface area contributed by atoms with Crippen molar-refractivity contribution in [3.8, 4) is 0 Å². The van der Waals surface area contributed by atoms with E-state index in [0.29, 0.717) is 6.04 Å². The van der Waals surface area contributed by atoms with Crippen LogP contribution < -0.4 is 5.32 Å². The van der Waals surface area contributed by atoms with Gasteiger partial charge in [0, 0.05) is 44.4 Å². The van der Waals surface area contributed by atoms with Gasteiger partial charge in [-0.1, -0.05) is 13.8 Å². The normalized spacial score (nSPS) is 25.9. The summed E-state index contributed by atoms with van der Waals surface area (Å²) >= 11 is 0. The Bertz CT molecular complexity index is 473. The van der Waals surface area contributed by atoms with Crippen molar-refractivity contribution in [1.29, 1.82) is 0 Å². The molecule has 0 radical (unpaired) electrons. The van der Waals surface area contributed by atoms with Crippen molar-refractivity contribution in [1.82, 2.24) is 20.0 Å². The zero-order chi connectivity index (χ0) is 19.1. The summed E-state index contributed by atoms with van der Waals surface area (Å²) in [5.74, 6) is 1.12. The van der Waals surface area contributed by atoms with Crippen LogP contribution in [-0.2, 0) is 4.74 Å². The molecule has 1 N–H and O–H groups in total. The van der Waals surface area contributed by atoms with Crippen molar-refractivity contribution < 1.29 is 4.74 Å². The Kier molecular flexibility index (Phi) is 10.3. The van der Waals surface area contributed by atoms with E-state index in [0.717, 1.165) is 71.3 Å². The Hall–Kier alpha value is -0.120. The van der Waals surface area contributed by atoms with Crippen LogP contribution in [0.5, 0.6) is 0 Å². The quantitative estimate of drug-likeness (QED) is 0.326. The Balaban J connectivity index is 0.00000280. The highest BCUT2D eigenvalue weighted by molar-refractivity contribution is 14.0. The van der Waals surface area contributed by atoms with Crippen LogP contribution in [0.1, 0.15) is 52.9 Å². The molecule has 0 aromatic rings. The van der Waals surface area contributed by atoms with Gasteiger partial charge in [0.25, 0.3) is 0 Å². The van der Waals surface area contributed by atoms with Crippen LogP contribution in [0.15, 0.2) is 4.99 Å². The van der Waals surface area contributed by atoms with Gasteiger partial charge in [0.15, 0.2) is 5.96 Å². The average Bonchev–Trinajstić information content (AvgIpc) is 3.40. The topological polar surface area (TPSA) is 43.3 Å². The fourth-order valence-corrected chi connectivity index (χ4v) is 5.14. The van der Waals surface area contributed by atoms with Gasteiger partial charge >= 0.3 is 0 Å². The van der Waals surface area contributed by atoms with Crippen LogP contribution in [0, 0.1) is 0 Å². The van der Waals surface area contributed by atoms with Gasteiger partial charge in [-0.25, -0.2) is 0 Å². The van der Waals surface area contributed by atoms with E-state index in [-0.39, 0.29) is 29.5 Å². The predicted molar refractivity (Wildman–Crippen MR) is 128 cm³/mol. The average molecular weight is 508 g/mol. The first-order chi connectivity index (χ1) is 13.2. The molecule has 3 saturated heterocycles. The van der Waals surface area contributed by atoms with Crippen molar-refractivity contribution in [2.45, 2.75) is 64.5 Å². The van der Waals surface area contributed by atoms with E-state index in [9.17, 15) is 0 Å². The Morgan fingerprint density at radius 3 is 2.39 bits per heavy atom. The van der Waals surface area contributed by atoms with Gasteiger partial charge in [0.1, 0.15) is 0 Å². The molecule has 1 unspecified atom stereocenters. The number of halogens is 1. The maximum absolute atomic E-state index is 5.70. The minimum absolute atomic E-state index is 0. The lowest BCUT2D eigenvalue weighted by molar-refractivity contribution is -0.0139. The molecule has 3 aliphatic rings. The number of nitrogens with one attached hydrogen (secondary N) is 1. The van der Waals surface area contributed by atoms with E-state index >= 15 is 0 Å². The standard InChI is InChI=1S/C21H41N5O.HI/c1-4-22-20(25-14-9-19(17-25)24(5-2)6-3)23-18-21(10-15-27-16-11-21)26-12-7-8-13-26;/h19H,4-18H2,1-3H3,(H,22,23);1H. The van der Waals surface area contributed by atoms with Gasteiger partial charge in [-0.3, -0.25) is 14.8 Å². The lowest BCUT2D eigenvalue weighted by atomic mass is 9.88. The first-order valence-electron chi connectivity index (χ1n) is 11.3. The zero-order valence-corrected chi connectivity index (χ0v) is 20.6. The third-order valence-electron chi connectivity index (χ3n) is 6.85. The molecule has 0 aromatic carbocycles. The maximum atomic E-state index is 5.70. The third-order valence-corrected chi connectivity index (χ3v) is 6.85. The lowest BCUT2D eigenvalue weighted by Crippen LogP contribution is -2.54.